The zero-order valence-corrected chi connectivity index (χ0v) is 14.6. The topological polar surface area (TPSA) is 64.0 Å². The summed E-state index contributed by atoms with van der Waals surface area (Å²) in [6.45, 7) is 6.31. The normalized spacial score (nSPS) is 11.6. The third-order valence-corrected chi connectivity index (χ3v) is 5.30. The van der Waals surface area contributed by atoms with Crippen molar-refractivity contribution in [3.8, 4) is 0 Å². The quantitative estimate of drug-likeness (QED) is 0.876. The lowest BCUT2D eigenvalue weighted by molar-refractivity contribution is 0.598. The Morgan fingerprint density at radius 2 is 2.05 bits per heavy atom. The molecule has 0 unspecified atom stereocenters. The second-order valence-electron chi connectivity index (χ2n) is 4.67. The molecule has 0 spiro atoms. The van der Waals surface area contributed by atoms with Gasteiger partial charge in [0.15, 0.2) is 0 Å². The van der Waals surface area contributed by atoms with Crippen molar-refractivity contribution in [3.05, 3.63) is 40.1 Å². The third-order valence-electron chi connectivity index (χ3n) is 3.34. The number of anilines is 1. The van der Waals surface area contributed by atoms with Crippen molar-refractivity contribution in [1.29, 1.82) is 0 Å². The maximum Gasteiger partial charge on any atom is 0.265 e. The fraction of sp³-hybridized carbons (Fsp3) is 0.357. The molecule has 114 valence electrons. The zero-order valence-electron chi connectivity index (χ0n) is 12.2. The Labute approximate surface area is 133 Å². The van der Waals surface area contributed by atoms with Crippen molar-refractivity contribution in [2.24, 2.45) is 0 Å². The fourth-order valence-electron chi connectivity index (χ4n) is 2.17. The highest BCUT2D eigenvalue weighted by atomic mass is 79.9. The van der Waals surface area contributed by atoms with Gasteiger partial charge in [-0.05, 0) is 44.0 Å². The molecule has 2 aromatic rings. The molecule has 1 aromatic heterocycles. The molecule has 1 N–H and O–H groups in total. The highest BCUT2D eigenvalue weighted by Crippen LogP contribution is 2.25. The fourth-order valence-corrected chi connectivity index (χ4v) is 3.85. The number of aryl methyl sites for hydroxylation is 2. The van der Waals surface area contributed by atoms with E-state index < -0.39 is 10.0 Å². The van der Waals surface area contributed by atoms with Crippen LogP contribution in [0.2, 0.25) is 0 Å². The van der Waals surface area contributed by atoms with Crippen LogP contribution in [-0.2, 0) is 23.0 Å². The molecule has 0 atom stereocenters. The van der Waals surface area contributed by atoms with Crippen molar-refractivity contribution >= 4 is 31.6 Å². The van der Waals surface area contributed by atoms with Gasteiger partial charge in [-0.2, -0.15) is 5.10 Å². The number of aromatic nitrogens is 2. The van der Waals surface area contributed by atoms with E-state index in [-0.39, 0.29) is 4.90 Å². The number of rotatable bonds is 5. The first-order chi connectivity index (χ1) is 9.89. The maximum atomic E-state index is 12.5. The smallest absolute Gasteiger partial charge is 0.265 e. The van der Waals surface area contributed by atoms with Crippen LogP contribution in [0.5, 0.6) is 0 Å². The van der Waals surface area contributed by atoms with Crippen LogP contribution in [-0.4, -0.2) is 18.2 Å². The van der Waals surface area contributed by atoms with E-state index in [0.717, 1.165) is 16.5 Å². The number of hydrogen-bond acceptors (Lipinski definition) is 3. The van der Waals surface area contributed by atoms with Gasteiger partial charge in [-0.25, -0.2) is 8.42 Å². The lowest BCUT2D eigenvalue weighted by Crippen LogP contribution is -2.15. The maximum absolute atomic E-state index is 12.5. The number of nitrogens with one attached hydrogen (secondary N) is 1. The molecule has 1 heterocycles. The van der Waals surface area contributed by atoms with Crippen LogP contribution in [0, 0.1) is 6.92 Å². The average molecular weight is 372 g/mol. The SMILES string of the molecule is CCc1cc(Br)ccc1NS(=O)(=O)c1cnn(CC)c1C. The monoisotopic (exact) mass is 371 g/mol. The summed E-state index contributed by atoms with van der Waals surface area (Å²) in [7, 11) is -3.63. The molecular weight excluding hydrogens is 354 g/mol. The van der Waals surface area contributed by atoms with Gasteiger partial charge in [-0.3, -0.25) is 9.40 Å². The van der Waals surface area contributed by atoms with Gasteiger partial charge in [0, 0.05) is 11.0 Å². The Kier molecular flexibility index (Phi) is 4.73. The molecule has 7 heteroatoms. The Bertz CT molecular complexity index is 754. The van der Waals surface area contributed by atoms with E-state index in [0.29, 0.717) is 17.9 Å². The molecule has 0 aliphatic heterocycles. The van der Waals surface area contributed by atoms with Gasteiger partial charge in [-0.15, -0.1) is 0 Å². The molecule has 0 aliphatic carbocycles. The summed E-state index contributed by atoms with van der Waals surface area (Å²) in [4.78, 5) is 0.217. The summed E-state index contributed by atoms with van der Waals surface area (Å²) < 4.78 is 30.3. The number of sulfonamides is 1. The second kappa shape index (κ2) is 6.19. The van der Waals surface area contributed by atoms with Crippen LogP contribution >= 0.6 is 15.9 Å². The van der Waals surface area contributed by atoms with E-state index in [2.05, 4.69) is 25.8 Å². The van der Waals surface area contributed by atoms with Crippen LogP contribution in [0.3, 0.4) is 0 Å². The number of benzene rings is 1. The van der Waals surface area contributed by atoms with E-state index >= 15 is 0 Å². The predicted molar refractivity (Wildman–Crippen MR) is 87.0 cm³/mol. The number of nitrogens with zero attached hydrogens (tertiary/aromatic N) is 2. The molecule has 1 aromatic carbocycles. The minimum atomic E-state index is -3.63. The largest absolute Gasteiger partial charge is 0.279 e. The molecule has 0 radical (unpaired) electrons. The molecule has 0 saturated heterocycles. The molecule has 0 bridgehead atoms. The van der Waals surface area contributed by atoms with Gasteiger partial charge in [0.25, 0.3) is 10.0 Å². The van der Waals surface area contributed by atoms with Crippen molar-refractivity contribution < 1.29 is 8.42 Å². The lowest BCUT2D eigenvalue weighted by Gasteiger charge is -2.12. The van der Waals surface area contributed by atoms with Gasteiger partial charge >= 0.3 is 0 Å². The number of halogens is 1. The first-order valence-electron chi connectivity index (χ1n) is 6.72. The molecule has 5 nitrogen and oxygen atoms in total. The summed E-state index contributed by atoms with van der Waals surface area (Å²) in [5.74, 6) is 0. The molecule has 0 saturated carbocycles. The Morgan fingerprint density at radius 1 is 1.33 bits per heavy atom. The van der Waals surface area contributed by atoms with Crippen LogP contribution in [0.1, 0.15) is 25.1 Å². The lowest BCUT2D eigenvalue weighted by atomic mass is 10.1. The summed E-state index contributed by atoms with van der Waals surface area (Å²) >= 11 is 3.40. The van der Waals surface area contributed by atoms with Crippen molar-refractivity contribution in [2.45, 2.75) is 38.6 Å². The van der Waals surface area contributed by atoms with Crippen LogP contribution in [0.25, 0.3) is 0 Å². The summed E-state index contributed by atoms with van der Waals surface area (Å²) in [6.07, 6.45) is 2.14. The van der Waals surface area contributed by atoms with E-state index in [1.165, 1.54) is 6.20 Å². The van der Waals surface area contributed by atoms with Gasteiger partial charge in [-0.1, -0.05) is 22.9 Å². The minimum absolute atomic E-state index is 0.217. The Balaban J connectivity index is 2.40. The highest BCUT2D eigenvalue weighted by molar-refractivity contribution is 9.10. The minimum Gasteiger partial charge on any atom is -0.279 e. The van der Waals surface area contributed by atoms with Crippen LogP contribution in [0.15, 0.2) is 33.8 Å². The zero-order chi connectivity index (χ0) is 15.6. The molecule has 2 rings (SSSR count). The standard InChI is InChI=1S/C14H18BrN3O2S/c1-4-11-8-12(15)6-7-13(11)17-21(19,20)14-9-16-18(5-2)10(14)3/h6-9,17H,4-5H2,1-3H3. The molecule has 0 aliphatic rings. The molecular formula is C14H18BrN3O2S. The molecule has 21 heavy (non-hydrogen) atoms. The van der Waals surface area contributed by atoms with Gasteiger partial charge in [0.2, 0.25) is 0 Å². The van der Waals surface area contributed by atoms with E-state index in [1.54, 1.807) is 17.7 Å². The van der Waals surface area contributed by atoms with Crippen LogP contribution < -0.4 is 4.72 Å². The third kappa shape index (κ3) is 3.29. The van der Waals surface area contributed by atoms with E-state index in [4.69, 9.17) is 0 Å². The van der Waals surface area contributed by atoms with Gasteiger partial charge in [0.05, 0.1) is 17.6 Å². The summed E-state index contributed by atoms with van der Waals surface area (Å²) in [6, 6.07) is 5.50. The van der Waals surface area contributed by atoms with Crippen molar-refractivity contribution in [2.75, 3.05) is 4.72 Å². The second-order valence-corrected chi connectivity index (χ2v) is 7.24. The van der Waals surface area contributed by atoms with Crippen LogP contribution in [0.4, 0.5) is 5.69 Å². The van der Waals surface area contributed by atoms with E-state index in [1.807, 2.05) is 26.0 Å². The predicted octanol–water partition coefficient (Wildman–Crippen LogP) is 3.34. The molecule has 0 amide bonds. The Morgan fingerprint density at radius 3 is 2.62 bits per heavy atom. The van der Waals surface area contributed by atoms with Crippen molar-refractivity contribution in [1.82, 2.24) is 9.78 Å². The Hall–Kier alpha value is -1.34. The summed E-state index contributed by atoms with van der Waals surface area (Å²) in [5, 5.41) is 4.09. The molecule has 0 fully saturated rings. The number of hydrogen-bond donors (Lipinski definition) is 1. The first-order valence-corrected chi connectivity index (χ1v) is 9.00. The van der Waals surface area contributed by atoms with Crippen molar-refractivity contribution in [3.63, 3.8) is 0 Å². The average Bonchev–Trinajstić information content (AvgIpc) is 2.82. The first kappa shape index (κ1) is 16.0. The highest BCUT2D eigenvalue weighted by Gasteiger charge is 2.21. The van der Waals surface area contributed by atoms with Gasteiger partial charge in [0.1, 0.15) is 4.90 Å². The van der Waals surface area contributed by atoms with E-state index in [9.17, 15) is 8.42 Å². The van der Waals surface area contributed by atoms with Gasteiger partial charge < -0.3 is 0 Å². The summed E-state index contributed by atoms with van der Waals surface area (Å²) in [5.41, 5.74) is 2.18.